The number of fused-ring (bicyclic) bond motifs is 2. The number of carboxylic acids is 1. The molecule has 0 unspecified atom stereocenters. The van der Waals surface area contributed by atoms with Crippen LogP contribution in [-0.4, -0.2) is 16.2 Å². The van der Waals surface area contributed by atoms with Crippen LogP contribution in [0.4, 0.5) is 0 Å². The second-order valence-corrected chi connectivity index (χ2v) is 8.44. The number of phenols is 1. The predicted molar refractivity (Wildman–Crippen MR) is 122 cm³/mol. The molecule has 0 bridgehead atoms. The molecule has 1 heterocycles. The molecule has 31 heavy (non-hydrogen) atoms. The Hall–Kier alpha value is -3.02. The minimum absolute atomic E-state index is 0.0371. The number of aryl methyl sites for hydroxylation is 3. The number of hydrogen-bond acceptors (Lipinski definition) is 4. The molecule has 2 N–H and O–H groups in total. The van der Waals surface area contributed by atoms with Crippen molar-refractivity contribution < 1.29 is 19.4 Å². The number of halogens is 2. The zero-order chi connectivity index (χ0) is 22.8. The molecule has 2 aliphatic rings. The number of carboxylic acid groups (broad SMARTS) is 1. The Labute approximate surface area is 187 Å². The quantitative estimate of drug-likeness (QED) is 0.335. The van der Waals surface area contributed by atoms with E-state index in [4.69, 9.17) is 27.6 Å². The molecule has 1 aliphatic heterocycles. The molecule has 1 aliphatic carbocycles. The van der Waals surface area contributed by atoms with Crippen LogP contribution in [0, 0.1) is 27.7 Å². The minimum Gasteiger partial charge on any atom is -0.507 e. The van der Waals surface area contributed by atoms with Gasteiger partial charge in [0.25, 0.3) is 0 Å². The van der Waals surface area contributed by atoms with Crippen molar-refractivity contribution in [3.8, 4) is 28.2 Å². The van der Waals surface area contributed by atoms with Crippen LogP contribution < -0.4 is 5.43 Å². The average Bonchev–Trinajstić information content (AvgIpc) is 2.71. The number of benzene rings is 3. The second-order valence-electron chi connectivity index (χ2n) is 7.63. The Morgan fingerprint density at radius 3 is 2.23 bits per heavy atom. The SMILES string of the molecule is Cc1cc2c(-c3c(Cl)ccc(Cl)c3C(=O)O)c3cc(C)c(=O)c(C)c-3oc2c(C)c1O. The van der Waals surface area contributed by atoms with E-state index >= 15 is 0 Å². The summed E-state index contributed by atoms with van der Waals surface area (Å²) in [6.07, 6.45) is 0. The molecule has 0 saturated carbocycles. The standard InChI is InChI=1S/C24H18Cl2O5/c1-9-7-13-17(18-15(25)5-6-16(26)19(18)24(29)30)14-8-10(2)21(28)12(4)23(14)31-22(13)11(3)20(9)27/h5-8,27H,1-4H3,(H,29,30). The first-order valence-corrected chi connectivity index (χ1v) is 10.2. The van der Waals surface area contributed by atoms with Crippen LogP contribution in [-0.2, 0) is 0 Å². The number of aromatic hydroxyl groups is 1. The molecule has 2 aromatic rings. The summed E-state index contributed by atoms with van der Waals surface area (Å²) in [5.74, 6) is -0.869. The lowest BCUT2D eigenvalue weighted by molar-refractivity contribution is 0.0698. The first-order chi connectivity index (χ1) is 14.5. The van der Waals surface area contributed by atoms with Gasteiger partial charge in [-0.15, -0.1) is 0 Å². The van der Waals surface area contributed by atoms with Crippen molar-refractivity contribution >= 4 is 40.1 Å². The van der Waals surface area contributed by atoms with Crippen LogP contribution in [0.3, 0.4) is 0 Å². The summed E-state index contributed by atoms with van der Waals surface area (Å²) in [6.45, 7) is 6.78. The van der Waals surface area contributed by atoms with Crippen molar-refractivity contribution in [1.29, 1.82) is 0 Å². The largest absolute Gasteiger partial charge is 0.507 e. The van der Waals surface area contributed by atoms with Crippen molar-refractivity contribution in [2.24, 2.45) is 0 Å². The summed E-state index contributed by atoms with van der Waals surface area (Å²) in [5.41, 5.74) is 3.20. The molecule has 7 heteroatoms. The van der Waals surface area contributed by atoms with E-state index in [9.17, 15) is 19.8 Å². The van der Waals surface area contributed by atoms with Crippen molar-refractivity contribution in [3.05, 3.63) is 72.4 Å². The summed E-state index contributed by atoms with van der Waals surface area (Å²) in [6, 6.07) is 6.36. The predicted octanol–water partition coefficient (Wildman–Crippen LogP) is 6.51. The average molecular weight is 457 g/mol. The van der Waals surface area contributed by atoms with E-state index in [1.54, 1.807) is 39.8 Å². The first-order valence-electron chi connectivity index (χ1n) is 9.46. The van der Waals surface area contributed by atoms with E-state index in [2.05, 4.69) is 0 Å². The molecule has 0 amide bonds. The summed E-state index contributed by atoms with van der Waals surface area (Å²) in [4.78, 5) is 24.8. The molecule has 0 spiro atoms. The molecule has 158 valence electrons. The third kappa shape index (κ3) is 3.08. The molecule has 0 saturated heterocycles. The van der Waals surface area contributed by atoms with Gasteiger partial charge in [0.2, 0.25) is 0 Å². The molecule has 0 aromatic heterocycles. The van der Waals surface area contributed by atoms with Crippen molar-refractivity contribution in [2.45, 2.75) is 27.7 Å². The fourth-order valence-corrected chi connectivity index (χ4v) is 4.55. The summed E-state index contributed by atoms with van der Waals surface area (Å²) < 4.78 is 6.13. The van der Waals surface area contributed by atoms with E-state index < -0.39 is 5.97 Å². The number of aromatic carboxylic acids is 1. The van der Waals surface area contributed by atoms with E-state index in [-0.39, 0.29) is 32.4 Å². The lowest BCUT2D eigenvalue weighted by Crippen LogP contribution is -2.12. The number of phenolic OH excluding ortho intramolecular Hbond substituents is 1. The molecular formula is C24H18Cl2O5. The topological polar surface area (TPSA) is 87.7 Å². The van der Waals surface area contributed by atoms with E-state index in [1.165, 1.54) is 12.1 Å². The number of carbonyl (C=O) groups is 1. The van der Waals surface area contributed by atoms with Gasteiger partial charge >= 0.3 is 5.97 Å². The van der Waals surface area contributed by atoms with Gasteiger partial charge in [0.1, 0.15) is 17.1 Å². The van der Waals surface area contributed by atoms with Gasteiger partial charge in [0.05, 0.1) is 10.6 Å². The van der Waals surface area contributed by atoms with Crippen LogP contribution in [0.1, 0.15) is 32.6 Å². The third-order valence-electron chi connectivity index (χ3n) is 5.63. The Morgan fingerprint density at radius 2 is 1.58 bits per heavy atom. The Morgan fingerprint density at radius 1 is 0.935 bits per heavy atom. The Balaban J connectivity index is 2.40. The molecule has 0 atom stereocenters. The lowest BCUT2D eigenvalue weighted by Gasteiger charge is -2.21. The smallest absolute Gasteiger partial charge is 0.337 e. The maximum atomic E-state index is 12.6. The zero-order valence-electron chi connectivity index (χ0n) is 17.2. The maximum absolute atomic E-state index is 12.6. The number of hydrogen-bond donors (Lipinski definition) is 2. The van der Waals surface area contributed by atoms with Crippen LogP contribution in [0.15, 0.2) is 33.5 Å². The van der Waals surface area contributed by atoms with Crippen LogP contribution in [0.25, 0.3) is 33.4 Å². The van der Waals surface area contributed by atoms with Gasteiger partial charge in [-0.05, 0) is 63.1 Å². The van der Waals surface area contributed by atoms with Crippen molar-refractivity contribution in [1.82, 2.24) is 0 Å². The molecular weight excluding hydrogens is 439 g/mol. The van der Waals surface area contributed by atoms with Gasteiger partial charge in [-0.2, -0.15) is 0 Å². The van der Waals surface area contributed by atoms with Gasteiger partial charge in [-0.3, -0.25) is 4.79 Å². The van der Waals surface area contributed by atoms with Crippen molar-refractivity contribution in [2.75, 3.05) is 0 Å². The normalized spacial score (nSPS) is 11.4. The van der Waals surface area contributed by atoms with Gasteiger partial charge in [-0.1, -0.05) is 23.2 Å². The van der Waals surface area contributed by atoms with Gasteiger partial charge in [0.15, 0.2) is 5.43 Å². The summed E-state index contributed by atoms with van der Waals surface area (Å²) in [5, 5.41) is 21.2. The molecule has 5 nitrogen and oxygen atoms in total. The van der Waals surface area contributed by atoms with Crippen LogP contribution in [0.5, 0.6) is 5.75 Å². The lowest BCUT2D eigenvalue weighted by atomic mass is 9.87. The van der Waals surface area contributed by atoms with E-state index in [1.807, 2.05) is 0 Å². The maximum Gasteiger partial charge on any atom is 0.337 e. The van der Waals surface area contributed by atoms with Gasteiger partial charge < -0.3 is 14.6 Å². The van der Waals surface area contributed by atoms with E-state index in [0.29, 0.717) is 50.1 Å². The summed E-state index contributed by atoms with van der Waals surface area (Å²) in [7, 11) is 0. The molecule has 4 rings (SSSR count). The second kappa shape index (κ2) is 7.29. The fraction of sp³-hybridized carbons (Fsp3) is 0.167. The molecule has 0 radical (unpaired) electrons. The highest BCUT2D eigenvalue weighted by atomic mass is 35.5. The Kier molecular flexibility index (Phi) is 4.99. The van der Waals surface area contributed by atoms with Gasteiger partial charge in [0, 0.05) is 38.2 Å². The zero-order valence-corrected chi connectivity index (χ0v) is 18.7. The van der Waals surface area contributed by atoms with Crippen LogP contribution >= 0.6 is 23.2 Å². The summed E-state index contributed by atoms with van der Waals surface area (Å²) >= 11 is 12.8. The third-order valence-corrected chi connectivity index (χ3v) is 6.26. The highest BCUT2D eigenvalue weighted by molar-refractivity contribution is 6.39. The number of rotatable bonds is 2. The monoisotopic (exact) mass is 456 g/mol. The van der Waals surface area contributed by atoms with Gasteiger partial charge in [-0.25, -0.2) is 4.79 Å². The Bertz CT molecular complexity index is 1450. The van der Waals surface area contributed by atoms with Crippen LogP contribution in [0.2, 0.25) is 10.0 Å². The fourth-order valence-electron chi connectivity index (χ4n) is 4.06. The van der Waals surface area contributed by atoms with Crippen molar-refractivity contribution in [3.63, 3.8) is 0 Å². The molecule has 0 fully saturated rings. The molecule has 2 aromatic carbocycles. The minimum atomic E-state index is -1.23. The first kappa shape index (κ1) is 21.2. The van der Waals surface area contributed by atoms with E-state index in [0.717, 1.165) is 0 Å². The highest BCUT2D eigenvalue weighted by Gasteiger charge is 2.28. The highest BCUT2D eigenvalue weighted by Crippen LogP contribution is 2.48.